The second-order valence-corrected chi connectivity index (χ2v) is 6.70. The summed E-state index contributed by atoms with van der Waals surface area (Å²) in [6.45, 7) is 1.41. The monoisotopic (exact) mass is 330 g/mol. The second-order valence-electron chi connectivity index (χ2n) is 6.18. The summed E-state index contributed by atoms with van der Waals surface area (Å²) in [5.41, 5.74) is 3.34. The van der Waals surface area contributed by atoms with Crippen LogP contribution in [-0.4, -0.2) is 31.0 Å². The van der Waals surface area contributed by atoms with Crippen molar-refractivity contribution in [2.45, 2.75) is 32.1 Å². The molecule has 2 aliphatic rings. The third kappa shape index (κ3) is 3.70. The lowest BCUT2D eigenvalue weighted by Gasteiger charge is -2.23. The Labute approximate surface area is 142 Å². The van der Waals surface area contributed by atoms with Gasteiger partial charge in [0.2, 0.25) is 0 Å². The molecule has 3 rings (SSSR count). The lowest BCUT2D eigenvalue weighted by Crippen LogP contribution is -2.19. The minimum absolute atomic E-state index is 0.156. The predicted octanol–water partition coefficient (Wildman–Crippen LogP) is 3.78. The molecule has 0 saturated carbocycles. The van der Waals surface area contributed by atoms with Crippen molar-refractivity contribution in [1.82, 2.24) is 0 Å². The largest absolute Gasteiger partial charge is 0.492 e. The molecule has 0 bridgehead atoms. The van der Waals surface area contributed by atoms with Crippen molar-refractivity contribution in [1.29, 1.82) is 0 Å². The quantitative estimate of drug-likeness (QED) is 0.787. The molecule has 0 radical (unpaired) electrons. The molecule has 1 aliphatic heterocycles. The first-order valence-electron chi connectivity index (χ1n) is 8.19. The van der Waals surface area contributed by atoms with Gasteiger partial charge in [0.15, 0.2) is 5.78 Å². The van der Waals surface area contributed by atoms with Crippen molar-refractivity contribution in [3.8, 4) is 5.75 Å². The number of carbonyl (C=O) groups is 1. The van der Waals surface area contributed by atoms with Crippen molar-refractivity contribution in [3.63, 3.8) is 0 Å². The number of thiocarbonyl (C=S) groups is 1. The van der Waals surface area contributed by atoms with E-state index in [1.165, 1.54) is 5.56 Å². The van der Waals surface area contributed by atoms with Crippen LogP contribution in [0.5, 0.6) is 5.75 Å². The molecule has 0 spiro atoms. The zero-order valence-corrected chi connectivity index (χ0v) is 14.3. The molecule has 1 atom stereocenters. The molecule has 0 aromatic heterocycles. The first-order valence-corrected chi connectivity index (χ1v) is 8.60. The van der Waals surface area contributed by atoms with Gasteiger partial charge >= 0.3 is 0 Å². The molecule has 23 heavy (non-hydrogen) atoms. The number of para-hydroxylation sites is 1. The Morgan fingerprint density at radius 1 is 1.30 bits per heavy atom. The maximum Gasteiger partial charge on any atom is 0.156 e. The van der Waals surface area contributed by atoms with Crippen LogP contribution in [0.1, 0.15) is 36.8 Å². The fraction of sp³-hybridized carbons (Fsp3) is 0.474. The number of methoxy groups -OCH3 is 1. The third-order valence-corrected chi connectivity index (χ3v) is 5.14. The number of fused-ring (bicyclic) bond motifs is 1. The average molecular weight is 330 g/mol. The van der Waals surface area contributed by atoms with Crippen molar-refractivity contribution in [2.75, 3.05) is 20.3 Å². The van der Waals surface area contributed by atoms with E-state index in [1.54, 1.807) is 13.2 Å². The highest BCUT2D eigenvalue weighted by atomic mass is 32.1. The Morgan fingerprint density at radius 2 is 2.17 bits per heavy atom. The smallest absolute Gasteiger partial charge is 0.156 e. The van der Waals surface area contributed by atoms with Gasteiger partial charge in [0.25, 0.3) is 0 Å². The fourth-order valence-electron chi connectivity index (χ4n) is 3.33. The van der Waals surface area contributed by atoms with Gasteiger partial charge < -0.3 is 9.47 Å². The Hall–Kier alpha value is -1.52. The molecular formula is C19H22O3S. The number of ketones is 1. The molecule has 1 aromatic carbocycles. The summed E-state index contributed by atoms with van der Waals surface area (Å²) in [6, 6.07) is 6.21. The lowest BCUT2D eigenvalue weighted by molar-refractivity contribution is -0.114. The molecule has 0 N–H and O–H groups in total. The first-order chi connectivity index (χ1) is 11.2. The number of carbonyl (C=O) groups excluding carboxylic acids is 1. The van der Waals surface area contributed by atoms with Crippen molar-refractivity contribution in [2.24, 2.45) is 5.92 Å². The number of ether oxygens (including phenoxy) is 2. The lowest BCUT2D eigenvalue weighted by atomic mass is 9.84. The molecule has 3 nitrogen and oxygen atoms in total. The minimum atomic E-state index is 0.156. The van der Waals surface area contributed by atoms with Crippen LogP contribution in [0.25, 0.3) is 5.57 Å². The summed E-state index contributed by atoms with van der Waals surface area (Å²) in [7, 11) is 1.71. The highest BCUT2D eigenvalue weighted by Crippen LogP contribution is 2.38. The molecular weight excluding hydrogens is 308 g/mol. The van der Waals surface area contributed by atoms with E-state index in [0.29, 0.717) is 19.4 Å². The number of allylic oxidation sites excluding steroid dienone is 2. The van der Waals surface area contributed by atoms with E-state index >= 15 is 0 Å². The number of rotatable bonds is 4. The van der Waals surface area contributed by atoms with Gasteiger partial charge in [-0.1, -0.05) is 30.4 Å². The number of benzene rings is 1. The molecule has 1 aliphatic carbocycles. The van der Waals surface area contributed by atoms with Gasteiger partial charge in [0, 0.05) is 32.1 Å². The van der Waals surface area contributed by atoms with Gasteiger partial charge in [0.05, 0.1) is 6.61 Å². The second kappa shape index (κ2) is 7.37. The molecule has 4 heteroatoms. The summed E-state index contributed by atoms with van der Waals surface area (Å²) in [4.78, 5) is 13.2. The van der Waals surface area contributed by atoms with Crippen LogP contribution in [0.4, 0.5) is 0 Å². The van der Waals surface area contributed by atoms with Crippen LogP contribution < -0.4 is 4.74 Å². The van der Waals surface area contributed by atoms with Crippen LogP contribution >= 0.6 is 12.2 Å². The molecule has 0 saturated heterocycles. The van der Waals surface area contributed by atoms with Crippen LogP contribution in [0.3, 0.4) is 0 Å². The fourth-order valence-corrected chi connectivity index (χ4v) is 3.64. The number of hydrogen-bond acceptors (Lipinski definition) is 4. The van der Waals surface area contributed by atoms with E-state index in [-0.39, 0.29) is 11.7 Å². The van der Waals surface area contributed by atoms with Gasteiger partial charge in [-0.05, 0) is 47.3 Å². The Balaban J connectivity index is 1.94. The summed E-state index contributed by atoms with van der Waals surface area (Å²) in [6.07, 6.45) is 5.64. The topological polar surface area (TPSA) is 35.5 Å². The van der Waals surface area contributed by atoms with Crippen LogP contribution in [-0.2, 0) is 16.0 Å². The summed E-state index contributed by atoms with van der Waals surface area (Å²) in [5, 5.41) is 0. The summed E-state index contributed by atoms with van der Waals surface area (Å²) >= 11 is 5.58. The Bertz CT molecular complexity index is 648. The third-order valence-electron chi connectivity index (χ3n) is 4.61. The maximum atomic E-state index is 12.2. The standard InChI is InChI=1S/C19H22O3S/c1-21-9-7-14-11-15(12-16(20)5-6-18(14)23)17-4-2-3-13-8-10-22-19(13)17/h2-4,12,14H,5-11H2,1H3. The summed E-state index contributed by atoms with van der Waals surface area (Å²) < 4.78 is 11.1. The van der Waals surface area contributed by atoms with E-state index in [9.17, 15) is 4.79 Å². The zero-order valence-electron chi connectivity index (χ0n) is 13.5. The molecule has 122 valence electrons. The number of hydrogen-bond donors (Lipinski definition) is 0. The molecule has 1 heterocycles. The molecule has 1 aromatic rings. The van der Waals surface area contributed by atoms with Gasteiger partial charge in [-0.25, -0.2) is 0 Å². The van der Waals surface area contributed by atoms with Crippen molar-refractivity contribution in [3.05, 3.63) is 35.4 Å². The molecule has 0 fully saturated rings. The maximum absolute atomic E-state index is 12.2. The Morgan fingerprint density at radius 3 is 3.00 bits per heavy atom. The average Bonchev–Trinajstić information content (AvgIpc) is 3.02. The van der Waals surface area contributed by atoms with E-state index in [0.717, 1.165) is 47.6 Å². The zero-order chi connectivity index (χ0) is 16.2. The Kier molecular flexibility index (Phi) is 5.23. The first kappa shape index (κ1) is 16.3. The molecule has 0 amide bonds. The van der Waals surface area contributed by atoms with Crippen molar-refractivity contribution < 1.29 is 14.3 Å². The van der Waals surface area contributed by atoms with Gasteiger partial charge in [-0.2, -0.15) is 0 Å². The van der Waals surface area contributed by atoms with Gasteiger partial charge in [-0.3, -0.25) is 4.79 Å². The highest BCUT2D eigenvalue weighted by Gasteiger charge is 2.24. The van der Waals surface area contributed by atoms with Crippen LogP contribution in [0.15, 0.2) is 24.3 Å². The SMILES string of the molecule is COCCC1CC(c2cccc3c2OCC3)=CC(=O)CCC1=S. The molecule has 1 unspecified atom stereocenters. The van der Waals surface area contributed by atoms with Crippen molar-refractivity contribution >= 4 is 28.4 Å². The van der Waals surface area contributed by atoms with E-state index < -0.39 is 0 Å². The highest BCUT2D eigenvalue weighted by molar-refractivity contribution is 7.80. The predicted molar refractivity (Wildman–Crippen MR) is 95.1 cm³/mol. The van der Waals surface area contributed by atoms with E-state index in [2.05, 4.69) is 18.2 Å². The normalized spacial score (nSPS) is 21.3. The van der Waals surface area contributed by atoms with Crippen LogP contribution in [0.2, 0.25) is 0 Å². The van der Waals surface area contributed by atoms with E-state index in [4.69, 9.17) is 21.7 Å². The van der Waals surface area contributed by atoms with Gasteiger partial charge in [0.1, 0.15) is 5.75 Å². The van der Waals surface area contributed by atoms with Gasteiger partial charge in [-0.15, -0.1) is 0 Å². The van der Waals surface area contributed by atoms with Crippen LogP contribution in [0, 0.1) is 5.92 Å². The summed E-state index contributed by atoms with van der Waals surface area (Å²) in [5.74, 6) is 1.38. The minimum Gasteiger partial charge on any atom is -0.492 e. The van der Waals surface area contributed by atoms with E-state index in [1.807, 2.05) is 0 Å².